The third kappa shape index (κ3) is 2.92. The number of benzene rings is 1. The second kappa shape index (κ2) is 6.03. The predicted molar refractivity (Wildman–Crippen MR) is 75.8 cm³/mol. The van der Waals surface area contributed by atoms with Crippen LogP contribution in [0.2, 0.25) is 0 Å². The molecule has 18 heavy (non-hydrogen) atoms. The molecule has 0 aliphatic carbocycles. The van der Waals surface area contributed by atoms with Crippen molar-refractivity contribution in [3.63, 3.8) is 0 Å². The Kier molecular flexibility index (Phi) is 4.39. The molecule has 0 fully saturated rings. The molecule has 98 valence electrons. The monoisotopic (exact) mass is 246 g/mol. The van der Waals surface area contributed by atoms with Gasteiger partial charge in [0.1, 0.15) is 0 Å². The summed E-state index contributed by atoms with van der Waals surface area (Å²) in [5.74, 6) is 0. The largest absolute Gasteiger partial charge is 0.391 e. The number of hydrogen-bond donors (Lipinski definition) is 2. The number of rotatable bonds is 6. The van der Waals surface area contributed by atoms with Crippen LogP contribution in [-0.4, -0.2) is 40.7 Å². The highest BCUT2D eigenvalue weighted by Crippen LogP contribution is 2.19. The van der Waals surface area contributed by atoms with Crippen molar-refractivity contribution in [2.24, 2.45) is 0 Å². The van der Waals surface area contributed by atoms with Crippen molar-refractivity contribution in [1.29, 1.82) is 0 Å². The summed E-state index contributed by atoms with van der Waals surface area (Å²) in [5, 5.41) is 11.4. The van der Waals surface area contributed by atoms with Crippen LogP contribution in [0.25, 0.3) is 10.9 Å². The van der Waals surface area contributed by atoms with Crippen LogP contribution >= 0.6 is 0 Å². The summed E-state index contributed by atoms with van der Waals surface area (Å²) in [5.41, 5.74) is 2.36. The third-order valence-electron chi connectivity index (χ3n) is 3.50. The van der Waals surface area contributed by atoms with Gasteiger partial charge in [-0.25, -0.2) is 0 Å². The number of aliphatic hydroxyl groups is 1. The standard InChI is InChI=1S/C15H22N2O/c1-3-17(4-2)11-13(18)10-12-6-5-7-15-14(12)8-9-16-15/h5-9,13,16,18H,3-4,10-11H2,1-2H3. The zero-order chi connectivity index (χ0) is 13.0. The molecule has 0 bridgehead atoms. The van der Waals surface area contributed by atoms with Crippen molar-refractivity contribution in [3.8, 4) is 0 Å². The van der Waals surface area contributed by atoms with Gasteiger partial charge in [0.25, 0.3) is 0 Å². The molecule has 1 heterocycles. The topological polar surface area (TPSA) is 39.3 Å². The van der Waals surface area contributed by atoms with Crippen molar-refractivity contribution in [1.82, 2.24) is 9.88 Å². The Morgan fingerprint density at radius 2 is 2.00 bits per heavy atom. The fraction of sp³-hybridized carbons (Fsp3) is 0.467. The van der Waals surface area contributed by atoms with Crippen LogP contribution in [0.5, 0.6) is 0 Å². The molecule has 0 spiro atoms. The first kappa shape index (κ1) is 13.1. The SMILES string of the molecule is CCN(CC)CC(O)Cc1cccc2[nH]ccc12. The minimum absolute atomic E-state index is 0.301. The first-order valence-corrected chi connectivity index (χ1v) is 6.70. The van der Waals surface area contributed by atoms with Gasteiger partial charge in [0, 0.05) is 30.1 Å². The van der Waals surface area contributed by atoms with E-state index in [1.807, 2.05) is 12.3 Å². The van der Waals surface area contributed by atoms with Crippen LogP contribution in [0.4, 0.5) is 0 Å². The van der Waals surface area contributed by atoms with Crippen LogP contribution in [0, 0.1) is 0 Å². The van der Waals surface area contributed by atoms with Crippen LogP contribution in [0.15, 0.2) is 30.5 Å². The van der Waals surface area contributed by atoms with Crippen LogP contribution in [-0.2, 0) is 6.42 Å². The highest BCUT2D eigenvalue weighted by atomic mass is 16.3. The number of aromatic amines is 1. The van der Waals surface area contributed by atoms with Gasteiger partial charge >= 0.3 is 0 Å². The molecule has 2 aromatic rings. The Hall–Kier alpha value is -1.32. The smallest absolute Gasteiger partial charge is 0.0707 e. The maximum Gasteiger partial charge on any atom is 0.0707 e. The Morgan fingerprint density at radius 3 is 2.72 bits per heavy atom. The van der Waals surface area contributed by atoms with Crippen LogP contribution in [0.3, 0.4) is 0 Å². The quantitative estimate of drug-likeness (QED) is 0.821. The lowest BCUT2D eigenvalue weighted by atomic mass is 10.0. The van der Waals surface area contributed by atoms with E-state index in [4.69, 9.17) is 0 Å². The highest BCUT2D eigenvalue weighted by Gasteiger charge is 2.11. The van der Waals surface area contributed by atoms with Crippen molar-refractivity contribution in [2.45, 2.75) is 26.4 Å². The lowest BCUT2D eigenvalue weighted by Gasteiger charge is -2.22. The Labute approximate surface area is 108 Å². The van der Waals surface area contributed by atoms with Crippen molar-refractivity contribution in [2.75, 3.05) is 19.6 Å². The van der Waals surface area contributed by atoms with Crippen molar-refractivity contribution in [3.05, 3.63) is 36.0 Å². The minimum atomic E-state index is -0.301. The lowest BCUT2D eigenvalue weighted by Crippen LogP contribution is -2.33. The number of nitrogens with one attached hydrogen (secondary N) is 1. The van der Waals surface area contributed by atoms with Gasteiger partial charge in [0.2, 0.25) is 0 Å². The second-order valence-electron chi connectivity index (χ2n) is 4.70. The summed E-state index contributed by atoms with van der Waals surface area (Å²) >= 11 is 0. The molecule has 1 aromatic heterocycles. The van der Waals surface area contributed by atoms with Gasteiger partial charge < -0.3 is 15.0 Å². The molecule has 0 aliphatic rings. The van der Waals surface area contributed by atoms with Gasteiger partial charge in [-0.05, 0) is 30.8 Å². The normalized spacial score (nSPS) is 13.3. The fourth-order valence-corrected chi connectivity index (χ4v) is 2.43. The van der Waals surface area contributed by atoms with Gasteiger partial charge in [-0.1, -0.05) is 26.0 Å². The van der Waals surface area contributed by atoms with Crippen LogP contribution in [0.1, 0.15) is 19.4 Å². The number of aliphatic hydroxyl groups excluding tert-OH is 1. The average molecular weight is 246 g/mol. The van der Waals surface area contributed by atoms with E-state index in [0.29, 0.717) is 6.42 Å². The second-order valence-corrected chi connectivity index (χ2v) is 4.70. The van der Waals surface area contributed by atoms with E-state index in [-0.39, 0.29) is 6.10 Å². The average Bonchev–Trinajstić information content (AvgIpc) is 2.85. The Balaban J connectivity index is 2.06. The number of fused-ring (bicyclic) bond motifs is 1. The molecular formula is C15H22N2O. The number of H-pyrrole nitrogens is 1. The number of nitrogens with zero attached hydrogens (tertiary/aromatic N) is 1. The molecule has 2 N–H and O–H groups in total. The van der Waals surface area contributed by atoms with E-state index in [1.54, 1.807) is 0 Å². The summed E-state index contributed by atoms with van der Waals surface area (Å²) in [4.78, 5) is 5.46. The van der Waals surface area contributed by atoms with Gasteiger partial charge in [-0.2, -0.15) is 0 Å². The molecule has 1 atom stereocenters. The Bertz CT molecular complexity index is 488. The molecule has 1 unspecified atom stereocenters. The zero-order valence-electron chi connectivity index (χ0n) is 11.2. The van der Waals surface area contributed by atoms with Gasteiger partial charge in [0.15, 0.2) is 0 Å². The molecule has 0 amide bonds. The number of hydrogen-bond acceptors (Lipinski definition) is 2. The molecule has 1 aromatic carbocycles. The lowest BCUT2D eigenvalue weighted by molar-refractivity contribution is 0.118. The summed E-state index contributed by atoms with van der Waals surface area (Å²) in [7, 11) is 0. The van der Waals surface area contributed by atoms with E-state index < -0.39 is 0 Å². The summed E-state index contributed by atoms with van der Waals surface area (Å²) < 4.78 is 0. The van der Waals surface area contributed by atoms with Crippen LogP contribution < -0.4 is 0 Å². The summed E-state index contributed by atoms with van der Waals surface area (Å²) in [6.07, 6.45) is 2.36. The van der Waals surface area contributed by atoms with E-state index in [1.165, 1.54) is 10.9 Å². The van der Waals surface area contributed by atoms with E-state index in [9.17, 15) is 5.11 Å². The first-order valence-electron chi connectivity index (χ1n) is 6.70. The maximum atomic E-state index is 10.2. The summed E-state index contributed by atoms with van der Waals surface area (Å²) in [6, 6.07) is 8.28. The molecule has 0 saturated carbocycles. The minimum Gasteiger partial charge on any atom is -0.391 e. The van der Waals surface area contributed by atoms with E-state index >= 15 is 0 Å². The fourth-order valence-electron chi connectivity index (χ4n) is 2.43. The number of likely N-dealkylation sites (N-methyl/N-ethyl adjacent to an activating group) is 1. The molecular weight excluding hydrogens is 224 g/mol. The van der Waals surface area contributed by atoms with Gasteiger partial charge in [-0.15, -0.1) is 0 Å². The highest BCUT2D eigenvalue weighted by molar-refractivity contribution is 5.82. The van der Waals surface area contributed by atoms with Crippen molar-refractivity contribution >= 4 is 10.9 Å². The van der Waals surface area contributed by atoms with E-state index in [0.717, 1.165) is 25.2 Å². The predicted octanol–water partition coefficient (Wildman–Crippen LogP) is 2.41. The Morgan fingerprint density at radius 1 is 1.22 bits per heavy atom. The molecule has 3 heteroatoms. The molecule has 0 saturated heterocycles. The van der Waals surface area contributed by atoms with Crippen molar-refractivity contribution < 1.29 is 5.11 Å². The van der Waals surface area contributed by atoms with Gasteiger partial charge in [0.05, 0.1) is 6.10 Å². The first-order chi connectivity index (χ1) is 8.74. The molecule has 2 rings (SSSR count). The van der Waals surface area contributed by atoms with E-state index in [2.05, 4.69) is 41.9 Å². The zero-order valence-corrected chi connectivity index (χ0v) is 11.2. The third-order valence-corrected chi connectivity index (χ3v) is 3.50. The van der Waals surface area contributed by atoms with Gasteiger partial charge in [-0.3, -0.25) is 0 Å². The molecule has 0 aliphatic heterocycles. The summed E-state index contributed by atoms with van der Waals surface area (Å²) in [6.45, 7) is 6.98. The number of aromatic nitrogens is 1. The molecule has 3 nitrogen and oxygen atoms in total. The molecule has 0 radical (unpaired) electrons. The maximum absolute atomic E-state index is 10.2.